The minimum Gasteiger partial charge on any atom is -0.303 e. The Balaban J connectivity index is 3.80. The Hall–Kier alpha value is -0.930. The SMILES string of the molecule is CC(CC=O)[C@H](C)[N+](=O)[O-]. The van der Waals surface area contributed by atoms with Crippen molar-refractivity contribution in [3.63, 3.8) is 0 Å². The van der Waals surface area contributed by atoms with E-state index in [4.69, 9.17) is 0 Å². The summed E-state index contributed by atoms with van der Waals surface area (Å²) in [6, 6.07) is -0.620. The zero-order valence-corrected chi connectivity index (χ0v) is 6.11. The van der Waals surface area contributed by atoms with Gasteiger partial charge in [0.25, 0.3) is 0 Å². The molecule has 0 aromatic heterocycles. The van der Waals surface area contributed by atoms with Gasteiger partial charge in [-0.05, 0) is 0 Å². The highest BCUT2D eigenvalue weighted by Crippen LogP contribution is 2.07. The van der Waals surface area contributed by atoms with Crippen molar-refractivity contribution in [1.29, 1.82) is 0 Å². The maximum Gasteiger partial charge on any atom is 0.213 e. The van der Waals surface area contributed by atoms with Gasteiger partial charge in [0.1, 0.15) is 6.29 Å². The molecular weight excluding hydrogens is 134 g/mol. The first kappa shape index (κ1) is 9.07. The quantitative estimate of drug-likeness (QED) is 0.335. The van der Waals surface area contributed by atoms with Crippen LogP contribution in [0.4, 0.5) is 0 Å². The highest BCUT2D eigenvalue weighted by molar-refractivity contribution is 5.49. The van der Waals surface area contributed by atoms with E-state index < -0.39 is 6.04 Å². The fourth-order valence-electron chi connectivity index (χ4n) is 0.557. The van der Waals surface area contributed by atoms with E-state index in [-0.39, 0.29) is 17.3 Å². The Morgan fingerprint density at radius 3 is 2.40 bits per heavy atom. The molecule has 58 valence electrons. The minimum atomic E-state index is -0.620. The molecule has 0 spiro atoms. The van der Waals surface area contributed by atoms with E-state index in [1.54, 1.807) is 6.92 Å². The Labute approximate surface area is 59.4 Å². The lowest BCUT2D eigenvalue weighted by atomic mass is 10.0. The van der Waals surface area contributed by atoms with E-state index in [2.05, 4.69) is 0 Å². The topological polar surface area (TPSA) is 60.2 Å². The zero-order valence-electron chi connectivity index (χ0n) is 6.11. The molecule has 0 fully saturated rings. The lowest BCUT2D eigenvalue weighted by Gasteiger charge is -2.08. The van der Waals surface area contributed by atoms with Gasteiger partial charge in [0.2, 0.25) is 6.04 Å². The number of hydrogen-bond acceptors (Lipinski definition) is 3. The van der Waals surface area contributed by atoms with Gasteiger partial charge in [0.15, 0.2) is 0 Å². The molecule has 0 amide bonds. The molecule has 0 aromatic carbocycles. The van der Waals surface area contributed by atoms with Crippen LogP contribution in [0, 0.1) is 16.0 Å². The number of carbonyl (C=O) groups excluding carboxylic acids is 1. The third-order valence-electron chi connectivity index (χ3n) is 1.62. The summed E-state index contributed by atoms with van der Waals surface area (Å²) >= 11 is 0. The van der Waals surface area contributed by atoms with E-state index in [9.17, 15) is 14.9 Å². The molecule has 0 radical (unpaired) electrons. The number of hydrogen-bond donors (Lipinski definition) is 0. The van der Waals surface area contributed by atoms with Crippen LogP contribution >= 0.6 is 0 Å². The second kappa shape index (κ2) is 3.98. The Morgan fingerprint density at radius 2 is 2.10 bits per heavy atom. The second-order valence-electron chi connectivity index (χ2n) is 2.41. The number of rotatable bonds is 4. The smallest absolute Gasteiger partial charge is 0.213 e. The van der Waals surface area contributed by atoms with Crippen molar-refractivity contribution in [2.45, 2.75) is 26.3 Å². The van der Waals surface area contributed by atoms with Crippen LogP contribution < -0.4 is 0 Å². The van der Waals surface area contributed by atoms with E-state index >= 15 is 0 Å². The first-order chi connectivity index (χ1) is 4.59. The highest BCUT2D eigenvalue weighted by atomic mass is 16.6. The molecule has 0 saturated carbocycles. The van der Waals surface area contributed by atoms with Crippen molar-refractivity contribution < 1.29 is 9.72 Å². The van der Waals surface area contributed by atoms with Gasteiger partial charge in [-0.2, -0.15) is 0 Å². The summed E-state index contributed by atoms with van der Waals surface area (Å²) in [4.78, 5) is 19.7. The number of carbonyl (C=O) groups is 1. The van der Waals surface area contributed by atoms with Crippen LogP contribution in [-0.4, -0.2) is 17.3 Å². The highest BCUT2D eigenvalue weighted by Gasteiger charge is 2.20. The largest absolute Gasteiger partial charge is 0.303 e. The molecule has 0 aliphatic heterocycles. The molecule has 0 heterocycles. The van der Waals surface area contributed by atoms with E-state index in [1.165, 1.54) is 6.92 Å². The van der Waals surface area contributed by atoms with Gasteiger partial charge < -0.3 is 4.79 Å². The summed E-state index contributed by atoms with van der Waals surface area (Å²) in [7, 11) is 0. The monoisotopic (exact) mass is 145 g/mol. The van der Waals surface area contributed by atoms with Crippen molar-refractivity contribution in [3.8, 4) is 0 Å². The summed E-state index contributed by atoms with van der Waals surface area (Å²) in [6.45, 7) is 3.20. The van der Waals surface area contributed by atoms with Gasteiger partial charge in [-0.15, -0.1) is 0 Å². The summed E-state index contributed by atoms with van der Waals surface area (Å²) in [6.07, 6.45) is 0.979. The van der Waals surface area contributed by atoms with Crippen LogP contribution in [0.1, 0.15) is 20.3 Å². The van der Waals surface area contributed by atoms with Gasteiger partial charge in [-0.3, -0.25) is 10.1 Å². The maximum atomic E-state index is 10.1. The average molecular weight is 145 g/mol. The lowest BCUT2D eigenvalue weighted by molar-refractivity contribution is -0.526. The number of nitro groups is 1. The third kappa shape index (κ3) is 2.57. The predicted molar refractivity (Wildman–Crippen MR) is 36.3 cm³/mol. The molecule has 4 heteroatoms. The van der Waals surface area contributed by atoms with Gasteiger partial charge in [-0.25, -0.2) is 0 Å². The standard InChI is InChI=1S/C6H11NO3/c1-5(3-4-8)6(2)7(9)10/h4-6H,3H2,1-2H3/t5?,6-/m0/s1. The molecule has 0 N–H and O–H groups in total. The summed E-state index contributed by atoms with van der Waals surface area (Å²) < 4.78 is 0. The Bertz CT molecular complexity index is 135. The fraction of sp³-hybridized carbons (Fsp3) is 0.833. The molecule has 0 rings (SSSR count). The average Bonchev–Trinajstić information content (AvgIpc) is 1.87. The molecule has 4 nitrogen and oxygen atoms in total. The molecule has 0 aliphatic carbocycles. The van der Waals surface area contributed by atoms with E-state index in [1.807, 2.05) is 0 Å². The van der Waals surface area contributed by atoms with Crippen LogP contribution in [0.25, 0.3) is 0 Å². The van der Waals surface area contributed by atoms with Crippen molar-refractivity contribution in [2.24, 2.45) is 5.92 Å². The first-order valence-corrected chi connectivity index (χ1v) is 3.16. The van der Waals surface area contributed by atoms with E-state index in [0.717, 1.165) is 0 Å². The Kier molecular flexibility index (Phi) is 3.61. The Morgan fingerprint density at radius 1 is 1.60 bits per heavy atom. The fourth-order valence-corrected chi connectivity index (χ4v) is 0.557. The number of aldehydes is 1. The summed E-state index contributed by atoms with van der Waals surface area (Å²) in [5.41, 5.74) is 0. The van der Waals surface area contributed by atoms with Gasteiger partial charge in [-0.1, -0.05) is 6.92 Å². The molecule has 0 aromatic rings. The molecule has 0 bridgehead atoms. The van der Waals surface area contributed by atoms with E-state index in [0.29, 0.717) is 6.29 Å². The maximum absolute atomic E-state index is 10.1. The van der Waals surface area contributed by atoms with Crippen LogP contribution in [-0.2, 0) is 4.79 Å². The molecular formula is C6H11NO3. The summed E-state index contributed by atoms with van der Waals surface area (Å²) in [5.74, 6) is -0.160. The van der Waals surface area contributed by atoms with Crippen molar-refractivity contribution in [2.75, 3.05) is 0 Å². The molecule has 2 atom stereocenters. The van der Waals surface area contributed by atoms with Crippen LogP contribution in [0.5, 0.6) is 0 Å². The molecule has 10 heavy (non-hydrogen) atoms. The van der Waals surface area contributed by atoms with Crippen LogP contribution in [0.3, 0.4) is 0 Å². The summed E-state index contributed by atoms with van der Waals surface area (Å²) in [5, 5.41) is 10.1. The number of nitrogens with zero attached hydrogens (tertiary/aromatic N) is 1. The van der Waals surface area contributed by atoms with Crippen LogP contribution in [0.2, 0.25) is 0 Å². The normalized spacial score (nSPS) is 15.8. The lowest BCUT2D eigenvalue weighted by Crippen LogP contribution is -2.23. The second-order valence-corrected chi connectivity index (χ2v) is 2.41. The third-order valence-corrected chi connectivity index (χ3v) is 1.62. The first-order valence-electron chi connectivity index (χ1n) is 3.16. The van der Waals surface area contributed by atoms with Gasteiger partial charge in [0, 0.05) is 24.2 Å². The van der Waals surface area contributed by atoms with Crippen molar-refractivity contribution in [3.05, 3.63) is 10.1 Å². The van der Waals surface area contributed by atoms with Crippen LogP contribution in [0.15, 0.2) is 0 Å². The minimum absolute atomic E-state index is 0.160. The zero-order chi connectivity index (χ0) is 8.15. The van der Waals surface area contributed by atoms with Crippen molar-refractivity contribution in [1.82, 2.24) is 0 Å². The predicted octanol–water partition coefficient (Wildman–Crippen LogP) is 0.877. The van der Waals surface area contributed by atoms with Gasteiger partial charge in [0.05, 0.1) is 0 Å². The molecule has 1 unspecified atom stereocenters. The van der Waals surface area contributed by atoms with Gasteiger partial charge >= 0.3 is 0 Å². The molecule has 0 aliphatic rings. The molecule has 0 saturated heterocycles. The van der Waals surface area contributed by atoms with Crippen molar-refractivity contribution >= 4 is 6.29 Å².